The Morgan fingerprint density at radius 1 is 1.35 bits per heavy atom. The quantitative estimate of drug-likeness (QED) is 0.843. The van der Waals surface area contributed by atoms with Crippen LogP contribution in [0, 0.1) is 0 Å². The third-order valence-corrected chi connectivity index (χ3v) is 3.49. The van der Waals surface area contributed by atoms with Crippen molar-refractivity contribution >= 4 is 0 Å². The Hall–Kier alpha value is -0.930. The highest BCUT2D eigenvalue weighted by molar-refractivity contribution is 5.09. The molecule has 0 saturated carbocycles. The van der Waals surface area contributed by atoms with Crippen LogP contribution in [-0.2, 0) is 6.54 Å². The number of hydrogen-bond acceptors (Lipinski definition) is 3. The predicted octanol–water partition coefficient (Wildman–Crippen LogP) is 2.05. The maximum absolute atomic E-state index is 4.06. The highest BCUT2D eigenvalue weighted by Crippen LogP contribution is 2.10. The Bertz CT molecular complexity index is 307. The van der Waals surface area contributed by atoms with Gasteiger partial charge in [0.15, 0.2) is 0 Å². The number of rotatable bonds is 5. The first-order valence-electron chi connectivity index (χ1n) is 6.73. The Kier molecular flexibility index (Phi) is 4.95. The van der Waals surface area contributed by atoms with Crippen LogP contribution in [0.2, 0.25) is 0 Å². The lowest BCUT2D eigenvalue weighted by atomic mass is 10.0. The van der Waals surface area contributed by atoms with Gasteiger partial charge < -0.3 is 5.32 Å². The van der Waals surface area contributed by atoms with Gasteiger partial charge in [0.05, 0.1) is 0 Å². The summed E-state index contributed by atoms with van der Waals surface area (Å²) in [6.07, 6.45) is 7.80. The van der Waals surface area contributed by atoms with Crippen molar-refractivity contribution in [3.05, 3.63) is 30.1 Å². The fourth-order valence-corrected chi connectivity index (χ4v) is 2.44. The average Bonchev–Trinajstić information content (AvgIpc) is 2.40. The number of pyridine rings is 1. The molecule has 1 aromatic heterocycles. The lowest BCUT2D eigenvalue weighted by Crippen LogP contribution is -2.43. The topological polar surface area (TPSA) is 28.2 Å². The van der Waals surface area contributed by atoms with Crippen LogP contribution >= 0.6 is 0 Å². The molecule has 3 heteroatoms. The first kappa shape index (κ1) is 12.5. The second-order valence-corrected chi connectivity index (χ2v) is 4.83. The molecule has 0 amide bonds. The number of nitrogens with zero attached hydrogens (tertiary/aromatic N) is 2. The Labute approximate surface area is 104 Å². The standard InChI is InChI=1S/C14H23N3/c1-2-17(11-13-6-9-15-10-7-13)12-14-5-3-4-8-16-14/h6-7,9-10,14,16H,2-5,8,11-12H2,1H3/t14-/m0/s1. The number of piperidine rings is 1. The minimum absolute atomic E-state index is 0.686. The van der Waals surface area contributed by atoms with Crippen LogP contribution in [0.3, 0.4) is 0 Å². The van der Waals surface area contributed by atoms with Gasteiger partial charge in [-0.05, 0) is 43.6 Å². The molecule has 1 atom stereocenters. The minimum atomic E-state index is 0.686. The average molecular weight is 233 g/mol. The van der Waals surface area contributed by atoms with Gasteiger partial charge in [-0.25, -0.2) is 0 Å². The molecule has 0 unspecified atom stereocenters. The van der Waals surface area contributed by atoms with Crippen LogP contribution in [0.5, 0.6) is 0 Å². The van der Waals surface area contributed by atoms with Crippen molar-refractivity contribution in [2.24, 2.45) is 0 Å². The molecule has 3 nitrogen and oxygen atoms in total. The van der Waals surface area contributed by atoms with Gasteiger partial charge >= 0.3 is 0 Å². The van der Waals surface area contributed by atoms with Crippen LogP contribution in [-0.4, -0.2) is 35.6 Å². The normalized spacial score (nSPS) is 20.7. The third-order valence-electron chi connectivity index (χ3n) is 3.49. The summed E-state index contributed by atoms with van der Waals surface area (Å²) in [7, 11) is 0. The van der Waals surface area contributed by atoms with Gasteiger partial charge in [-0.15, -0.1) is 0 Å². The van der Waals surface area contributed by atoms with Gasteiger partial charge in [-0.1, -0.05) is 13.3 Å². The molecule has 1 aromatic rings. The highest BCUT2D eigenvalue weighted by Gasteiger charge is 2.15. The molecule has 2 rings (SSSR count). The van der Waals surface area contributed by atoms with Gasteiger partial charge in [-0.2, -0.15) is 0 Å². The fourth-order valence-electron chi connectivity index (χ4n) is 2.44. The molecule has 1 aliphatic heterocycles. The maximum atomic E-state index is 4.06. The third kappa shape index (κ3) is 4.10. The van der Waals surface area contributed by atoms with Gasteiger partial charge in [-0.3, -0.25) is 9.88 Å². The number of hydrogen-bond donors (Lipinski definition) is 1. The summed E-state index contributed by atoms with van der Waals surface area (Å²) < 4.78 is 0. The van der Waals surface area contributed by atoms with Gasteiger partial charge in [0.25, 0.3) is 0 Å². The van der Waals surface area contributed by atoms with E-state index < -0.39 is 0 Å². The van der Waals surface area contributed by atoms with Crippen molar-refractivity contribution < 1.29 is 0 Å². The first-order chi connectivity index (χ1) is 8.38. The lowest BCUT2D eigenvalue weighted by molar-refractivity contribution is 0.226. The smallest absolute Gasteiger partial charge is 0.0271 e. The highest BCUT2D eigenvalue weighted by atomic mass is 15.1. The minimum Gasteiger partial charge on any atom is -0.313 e. The van der Waals surface area contributed by atoms with Crippen LogP contribution in [0.15, 0.2) is 24.5 Å². The van der Waals surface area contributed by atoms with Crippen LogP contribution < -0.4 is 5.32 Å². The van der Waals surface area contributed by atoms with E-state index in [0.717, 1.165) is 13.1 Å². The van der Waals surface area contributed by atoms with Crippen molar-refractivity contribution in [3.8, 4) is 0 Å². The zero-order chi connectivity index (χ0) is 11.9. The molecule has 94 valence electrons. The van der Waals surface area contributed by atoms with Crippen molar-refractivity contribution in [2.75, 3.05) is 19.6 Å². The molecule has 1 aliphatic rings. The number of nitrogens with one attached hydrogen (secondary N) is 1. The molecular formula is C14H23N3. The Balaban J connectivity index is 1.83. The second kappa shape index (κ2) is 6.72. The molecule has 0 spiro atoms. The van der Waals surface area contributed by atoms with Crippen LogP contribution in [0.1, 0.15) is 31.7 Å². The monoisotopic (exact) mass is 233 g/mol. The van der Waals surface area contributed by atoms with E-state index >= 15 is 0 Å². The second-order valence-electron chi connectivity index (χ2n) is 4.83. The summed E-state index contributed by atoms with van der Waals surface area (Å²) in [6.45, 7) is 6.75. The predicted molar refractivity (Wildman–Crippen MR) is 70.8 cm³/mol. The van der Waals surface area contributed by atoms with Gasteiger partial charge in [0, 0.05) is 31.5 Å². The van der Waals surface area contributed by atoms with Crippen LogP contribution in [0.25, 0.3) is 0 Å². The summed E-state index contributed by atoms with van der Waals surface area (Å²) in [5, 5.41) is 3.62. The zero-order valence-electron chi connectivity index (χ0n) is 10.7. The van der Waals surface area contributed by atoms with Crippen molar-refractivity contribution in [1.29, 1.82) is 0 Å². The zero-order valence-corrected chi connectivity index (χ0v) is 10.7. The molecule has 0 aromatic carbocycles. The Morgan fingerprint density at radius 2 is 2.18 bits per heavy atom. The molecule has 1 N–H and O–H groups in total. The molecule has 1 saturated heterocycles. The molecular weight excluding hydrogens is 210 g/mol. The van der Waals surface area contributed by atoms with Gasteiger partial charge in [0.2, 0.25) is 0 Å². The lowest BCUT2D eigenvalue weighted by Gasteiger charge is -2.29. The summed E-state index contributed by atoms with van der Waals surface area (Å²) >= 11 is 0. The van der Waals surface area contributed by atoms with E-state index in [-0.39, 0.29) is 0 Å². The number of aromatic nitrogens is 1. The number of likely N-dealkylation sites (N-methyl/N-ethyl adjacent to an activating group) is 1. The van der Waals surface area contributed by atoms with Gasteiger partial charge in [0.1, 0.15) is 0 Å². The van der Waals surface area contributed by atoms with Crippen molar-refractivity contribution in [2.45, 2.75) is 38.8 Å². The fraction of sp³-hybridized carbons (Fsp3) is 0.643. The summed E-state index contributed by atoms with van der Waals surface area (Å²) in [5.74, 6) is 0. The Morgan fingerprint density at radius 3 is 2.82 bits per heavy atom. The van der Waals surface area contributed by atoms with E-state index in [4.69, 9.17) is 0 Å². The molecule has 1 fully saturated rings. The molecule has 2 heterocycles. The van der Waals surface area contributed by atoms with E-state index in [2.05, 4.69) is 34.3 Å². The van der Waals surface area contributed by atoms with E-state index in [1.165, 1.54) is 37.9 Å². The van der Waals surface area contributed by atoms with E-state index in [0.29, 0.717) is 6.04 Å². The molecule has 17 heavy (non-hydrogen) atoms. The summed E-state index contributed by atoms with van der Waals surface area (Å²) in [5.41, 5.74) is 1.36. The van der Waals surface area contributed by atoms with E-state index in [1.807, 2.05) is 12.4 Å². The van der Waals surface area contributed by atoms with Crippen molar-refractivity contribution in [1.82, 2.24) is 15.2 Å². The molecule has 0 radical (unpaired) electrons. The molecule has 0 bridgehead atoms. The van der Waals surface area contributed by atoms with E-state index in [9.17, 15) is 0 Å². The summed E-state index contributed by atoms with van der Waals surface area (Å²) in [4.78, 5) is 6.58. The largest absolute Gasteiger partial charge is 0.313 e. The SMILES string of the molecule is CCN(Cc1ccncc1)C[C@@H]1CCCCN1. The first-order valence-corrected chi connectivity index (χ1v) is 6.73. The maximum Gasteiger partial charge on any atom is 0.0271 e. The molecule has 0 aliphatic carbocycles. The summed E-state index contributed by atoms with van der Waals surface area (Å²) in [6, 6.07) is 4.90. The van der Waals surface area contributed by atoms with E-state index in [1.54, 1.807) is 0 Å². The van der Waals surface area contributed by atoms with Crippen molar-refractivity contribution in [3.63, 3.8) is 0 Å². The van der Waals surface area contributed by atoms with Crippen LogP contribution in [0.4, 0.5) is 0 Å².